The maximum Gasteiger partial charge on any atom is 0.229 e. The van der Waals surface area contributed by atoms with Crippen molar-refractivity contribution >= 4 is 0 Å². The molecule has 2 aromatic carbocycles. The summed E-state index contributed by atoms with van der Waals surface area (Å²) in [7, 11) is 1.62. The number of methoxy groups -OCH3 is 1. The number of imidazole rings is 1. The van der Waals surface area contributed by atoms with Gasteiger partial charge >= 0.3 is 0 Å². The van der Waals surface area contributed by atoms with Gasteiger partial charge in [-0.05, 0) is 42.5 Å². The van der Waals surface area contributed by atoms with E-state index >= 15 is 0 Å². The number of fused-ring (bicyclic) bond motifs is 5. The van der Waals surface area contributed by atoms with E-state index in [1.165, 1.54) is 12.1 Å². The molecule has 0 aliphatic carbocycles. The Balaban J connectivity index is 1.46. The molecule has 0 radical (unpaired) electrons. The number of hydrogen-bond acceptors (Lipinski definition) is 8. The first-order valence-corrected chi connectivity index (χ1v) is 11.4. The number of aromatic nitrogens is 7. The SMILES string of the molecule is COc1ccc2c(c1)-c1nnc(COc3ccc(F)cc3)n1Cc1c(-c3noc(C(C)C)n3)ncn1-2. The lowest BCUT2D eigenvalue weighted by molar-refractivity contribution is 0.289. The second-order valence-electron chi connectivity index (χ2n) is 8.67. The summed E-state index contributed by atoms with van der Waals surface area (Å²) in [6, 6.07) is 11.6. The molecule has 0 saturated carbocycles. The highest BCUT2D eigenvalue weighted by molar-refractivity contribution is 5.72. The third-order valence-electron chi connectivity index (χ3n) is 6.03. The quantitative estimate of drug-likeness (QED) is 0.341. The fraction of sp³-hybridized carbons (Fsp3) is 0.240. The van der Waals surface area contributed by atoms with Crippen molar-refractivity contribution in [2.75, 3.05) is 7.11 Å². The Labute approximate surface area is 205 Å². The first-order chi connectivity index (χ1) is 17.5. The molecule has 0 N–H and O–H groups in total. The number of hydrogen-bond donors (Lipinski definition) is 0. The summed E-state index contributed by atoms with van der Waals surface area (Å²) in [5, 5.41) is 13.1. The fourth-order valence-corrected chi connectivity index (χ4v) is 4.15. The van der Waals surface area contributed by atoms with Gasteiger partial charge in [0.1, 0.15) is 35.9 Å². The van der Waals surface area contributed by atoms with Gasteiger partial charge in [0.05, 0.1) is 25.0 Å². The third-order valence-corrected chi connectivity index (χ3v) is 6.03. The molecule has 11 heteroatoms. The van der Waals surface area contributed by atoms with E-state index in [0.717, 1.165) is 16.9 Å². The van der Waals surface area contributed by atoms with Crippen LogP contribution in [-0.2, 0) is 13.2 Å². The number of rotatable bonds is 6. The Morgan fingerprint density at radius 2 is 1.89 bits per heavy atom. The molecule has 0 fully saturated rings. The maximum absolute atomic E-state index is 13.3. The normalized spacial score (nSPS) is 12.1. The molecule has 4 heterocycles. The van der Waals surface area contributed by atoms with Gasteiger partial charge in [-0.1, -0.05) is 19.0 Å². The molecule has 0 atom stereocenters. The number of benzene rings is 2. The second kappa shape index (κ2) is 8.59. The van der Waals surface area contributed by atoms with Crippen LogP contribution >= 0.6 is 0 Å². The van der Waals surface area contributed by atoms with E-state index in [1.807, 2.05) is 41.2 Å². The highest BCUT2D eigenvalue weighted by Crippen LogP contribution is 2.36. The van der Waals surface area contributed by atoms with Crippen LogP contribution in [0.4, 0.5) is 4.39 Å². The van der Waals surface area contributed by atoms with Crippen LogP contribution in [0.5, 0.6) is 11.5 Å². The summed E-state index contributed by atoms with van der Waals surface area (Å²) in [4.78, 5) is 9.19. The highest BCUT2D eigenvalue weighted by Gasteiger charge is 2.28. The van der Waals surface area contributed by atoms with Gasteiger partial charge in [0.25, 0.3) is 0 Å². The summed E-state index contributed by atoms with van der Waals surface area (Å²) >= 11 is 0. The van der Waals surface area contributed by atoms with E-state index in [4.69, 9.17) is 14.0 Å². The maximum atomic E-state index is 13.3. The number of ether oxygens (including phenoxy) is 2. The van der Waals surface area contributed by atoms with E-state index < -0.39 is 0 Å². The molecular weight excluding hydrogens is 465 g/mol. The Bertz CT molecular complexity index is 1550. The van der Waals surface area contributed by atoms with Gasteiger partial charge in [-0.3, -0.25) is 4.57 Å². The van der Waals surface area contributed by atoms with Gasteiger partial charge in [0.2, 0.25) is 11.7 Å². The van der Waals surface area contributed by atoms with Crippen molar-refractivity contribution in [1.82, 2.24) is 34.5 Å². The molecule has 182 valence electrons. The van der Waals surface area contributed by atoms with Gasteiger partial charge in [0, 0.05) is 11.5 Å². The first-order valence-electron chi connectivity index (χ1n) is 11.4. The average molecular weight is 487 g/mol. The summed E-state index contributed by atoms with van der Waals surface area (Å²) in [5.74, 6) is 3.21. The van der Waals surface area contributed by atoms with Crippen molar-refractivity contribution in [3.63, 3.8) is 0 Å². The van der Waals surface area contributed by atoms with Crippen molar-refractivity contribution < 1.29 is 18.4 Å². The zero-order valence-corrected chi connectivity index (χ0v) is 19.8. The topological polar surface area (TPSA) is 106 Å². The largest absolute Gasteiger partial charge is 0.497 e. The lowest BCUT2D eigenvalue weighted by atomic mass is 10.1. The monoisotopic (exact) mass is 487 g/mol. The first kappa shape index (κ1) is 22.0. The lowest BCUT2D eigenvalue weighted by Crippen LogP contribution is -2.10. The average Bonchev–Trinajstić information content (AvgIpc) is 3.61. The third kappa shape index (κ3) is 3.69. The smallest absolute Gasteiger partial charge is 0.229 e. The minimum Gasteiger partial charge on any atom is -0.497 e. The highest BCUT2D eigenvalue weighted by atomic mass is 19.1. The van der Waals surface area contributed by atoms with E-state index in [-0.39, 0.29) is 18.3 Å². The van der Waals surface area contributed by atoms with Gasteiger partial charge in [-0.15, -0.1) is 10.2 Å². The number of halogens is 1. The summed E-state index contributed by atoms with van der Waals surface area (Å²) in [6.07, 6.45) is 1.75. The molecule has 6 rings (SSSR count). The van der Waals surface area contributed by atoms with Crippen LogP contribution in [0.3, 0.4) is 0 Å². The standard InChI is InChI=1S/C25H22FN7O3/c1-14(2)25-28-23(31-36-25)22-20-11-32-21(12-35-16-6-4-15(26)5-7-16)29-30-24(32)18-10-17(34-3)8-9-19(18)33(20)13-27-22/h4-10,13-14H,11-12H2,1-3H3. The van der Waals surface area contributed by atoms with E-state index in [9.17, 15) is 4.39 Å². The molecule has 5 aromatic rings. The van der Waals surface area contributed by atoms with E-state index in [2.05, 4.69) is 25.3 Å². The zero-order valence-electron chi connectivity index (χ0n) is 19.8. The molecule has 3 aromatic heterocycles. The molecule has 0 bridgehead atoms. The summed E-state index contributed by atoms with van der Waals surface area (Å²) < 4.78 is 34.1. The van der Waals surface area contributed by atoms with Crippen molar-refractivity contribution in [3.05, 3.63) is 72.0 Å². The molecule has 0 saturated heterocycles. The Kier molecular flexibility index (Phi) is 5.24. The van der Waals surface area contributed by atoms with Crippen LogP contribution in [0.1, 0.15) is 37.2 Å². The Morgan fingerprint density at radius 3 is 2.64 bits per heavy atom. The summed E-state index contributed by atoms with van der Waals surface area (Å²) in [5.41, 5.74) is 3.15. The molecule has 0 unspecified atom stereocenters. The zero-order chi connectivity index (χ0) is 24.8. The lowest BCUT2D eigenvalue weighted by Gasteiger charge is -2.10. The van der Waals surface area contributed by atoms with Crippen LogP contribution in [0, 0.1) is 5.82 Å². The molecular formula is C25H22FN7O3. The van der Waals surface area contributed by atoms with Crippen LogP contribution < -0.4 is 9.47 Å². The molecule has 0 amide bonds. The molecule has 36 heavy (non-hydrogen) atoms. The fourth-order valence-electron chi connectivity index (χ4n) is 4.15. The van der Waals surface area contributed by atoms with Crippen LogP contribution in [0.2, 0.25) is 0 Å². The minimum atomic E-state index is -0.327. The predicted molar refractivity (Wildman–Crippen MR) is 126 cm³/mol. The van der Waals surface area contributed by atoms with E-state index in [1.54, 1.807) is 25.6 Å². The van der Waals surface area contributed by atoms with Gasteiger partial charge in [-0.2, -0.15) is 4.98 Å². The Morgan fingerprint density at radius 1 is 1.08 bits per heavy atom. The van der Waals surface area contributed by atoms with Crippen molar-refractivity contribution in [3.8, 4) is 40.1 Å². The van der Waals surface area contributed by atoms with Gasteiger partial charge in [0.15, 0.2) is 11.6 Å². The predicted octanol–water partition coefficient (Wildman–Crippen LogP) is 4.39. The number of nitrogens with zero attached hydrogens (tertiary/aromatic N) is 7. The second-order valence-corrected chi connectivity index (χ2v) is 8.67. The van der Waals surface area contributed by atoms with Crippen molar-refractivity contribution in [2.45, 2.75) is 32.9 Å². The molecule has 0 spiro atoms. The molecule has 10 nitrogen and oxygen atoms in total. The van der Waals surface area contributed by atoms with Gasteiger partial charge < -0.3 is 18.6 Å². The van der Waals surface area contributed by atoms with Crippen LogP contribution in [0.25, 0.3) is 28.6 Å². The van der Waals surface area contributed by atoms with Crippen LogP contribution in [0.15, 0.2) is 53.3 Å². The molecule has 1 aliphatic rings. The van der Waals surface area contributed by atoms with Gasteiger partial charge in [-0.25, -0.2) is 9.37 Å². The Hall–Kier alpha value is -4.54. The van der Waals surface area contributed by atoms with E-state index in [0.29, 0.717) is 47.1 Å². The minimum absolute atomic E-state index is 0.0975. The summed E-state index contributed by atoms with van der Waals surface area (Å²) in [6.45, 7) is 4.51. The van der Waals surface area contributed by atoms with Crippen LogP contribution in [-0.4, -0.2) is 41.6 Å². The van der Waals surface area contributed by atoms with Crippen molar-refractivity contribution in [2.24, 2.45) is 0 Å². The van der Waals surface area contributed by atoms with Crippen molar-refractivity contribution in [1.29, 1.82) is 0 Å². The molecule has 1 aliphatic heterocycles.